The highest BCUT2D eigenvalue weighted by Crippen LogP contribution is 2.25. The average molecular weight is 398 g/mol. The van der Waals surface area contributed by atoms with E-state index in [9.17, 15) is 5.26 Å². The Labute approximate surface area is 172 Å². The highest BCUT2D eigenvalue weighted by molar-refractivity contribution is 5.71. The Morgan fingerprint density at radius 1 is 1.00 bits per heavy atom. The molecule has 148 valence electrons. The van der Waals surface area contributed by atoms with E-state index in [0.29, 0.717) is 41.4 Å². The summed E-state index contributed by atoms with van der Waals surface area (Å²) < 4.78 is 6.80. The van der Waals surface area contributed by atoms with Gasteiger partial charge in [0.15, 0.2) is 0 Å². The van der Waals surface area contributed by atoms with Crippen LogP contribution in [-0.2, 0) is 17.9 Å². The fourth-order valence-corrected chi connectivity index (χ4v) is 3.04. The highest BCUT2D eigenvalue weighted by atomic mass is 16.5. The summed E-state index contributed by atoms with van der Waals surface area (Å²) in [5.41, 5.74) is 10.4. The number of ether oxygens (including phenoxy) is 1. The molecule has 2 N–H and O–H groups in total. The first-order valence-corrected chi connectivity index (χ1v) is 9.14. The van der Waals surface area contributed by atoms with Crippen LogP contribution in [0.4, 0.5) is 5.95 Å². The van der Waals surface area contributed by atoms with Crippen molar-refractivity contribution in [2.75, 3.05) is 12.8 Å². The molecule has 0 amide bonds. The molecule has 3 aromatic heterocycles. The number of nitrogen functional groups attached to an aromatic ring is 1. The first-order chi connectivity index (χ1) is 14.7. The number of aromatic nitrogens is 6. The van der Waals surface area contributed by atoms with Gasteiger partial charge in [0, 0.05) is 12.7 Å². The van der Waals surface area contributed by atoms with Crippen molar-refractivity contribution < 1.29 is 4.74 Å². The van der Waals surface area contributed by atoms with Gasteiger partial charge in [-0.1, -0.05) is 29.5 Å². The zero-order valence-electron chi connectivity index (χ0n) is 16.2. The molecule has 0 atom stereocenters. The van der Waals surface area contributed by atoms with Crippen LogP contribution >= 0.6 is 0 Å². The number of benzene rings is 1. The Kier molecular flexibility index (Phi) is 5.41. The van der Waals surface area contributed by atoms with E-state index in [0.717, 1.165) is 11.4 Å². The molecule has 0 unspecified atom stereocenters. The highest BCUT2D eigenvalue weighted by Gasteiger charge is 2.13. The van der Waals surface area contributed by atoms with Crippen molar-refractivity contribution in [3.05, 3.63) is 71.7 Å². The van der Waals surface area contributed by atoms with Gasteiger partial charge in [-0.25, -0.2) is 14.6 Å². The molecule has 9 nitrogen and oxygen atoms in total. The third-order valence-electron chi connectivity index (χ3n) is 4.35. The Morgan fingerprint density at radius 2 is 1.80 bits per heavy atom. The second-order valence-electron chi connectivity index (χ2n) is 6.51. The summed E-state index contributed by atoms with van der Waals surface area (Å²) in [6.07, 6.45) is 1.77. The quantitative estimate of drug-likeness (QED) is 0.524. The predicted molar refractivity (Wildman–Crippen MR) is 110 cm³/mol. The number of hydrogen-bond donors (Lipinski definition) is 1. The Bertz CT molecular complexity index is 1230. The van der Waals surface area contributed by atoms with E-state index in [1.54, 1.807) is 36.2 Å². The van der Waals surface area contributed by atoms with Crippen molar-refractivity contribution in [2.24, 2.45) is 0 Å². The molecule has 4 rings (SSSR count). The van der Waals surface area contributed by atoms with Gasteiger partial charge in [0.1, 0.15) is 5.69 Å². The number of nitrogens with zero attached hydrogens (tertiary/aromatic N) is 7. The molecule has 0 spiro atoms. The van der Waals surface area contributed by atoms with Crippen LogP contribution in [0.1, 0.15) is 17.0 Å². The molecule has 0 aliphatic rings. The Morgan fingerprint density at radius 3 is 2.63 bits per heavy atom. The number of hydrogen-bond acceptors (Lipinski definition) is 8. The zero-order valence-corrected chi connectivity index (χ0v) is 16.2. The summed E-state index contributed by atoms with van der Waals surface area (Å²) in [7, 11) is 1.63. The van der Waals surface area contributed by atoms with Crippen molar-refractivity contribution in [3.63, 3.8) is 0 Å². The topological polar surface area (TPSA) is 128 Å². The maximum atomic E-state index is 9.37. The lowest BCUT2D eigenvalue weighted by Gasteiger charge is -2.06. The first-order valence-electron chi connectivity index (χ1n) is 9.14. The number of pyridine rings is 1. The summed E-state index contributed by atoms with van der Waals surface area (Å²) in [5, 5.41) is 17.7. The van der Waals surface area contributed by atoms with Crippen LogP contribution in [0.3, 0.4) is 0 Å². The molecule has 0 radical (unpaired) electrons. The third kappa shape index (κ3) is 4.14. The maximum absolute atomic E-state index is 9.37. The van der Waals surface area contributed by atoms with Gasteiger partial charge in [-0.2, -0.15) is 5.26 Å². The van der Waals surface area contributed by atoms with Crippen LogP contribution in [0.2, 0.25) is 0 Å². The smallest absolute Gasteiger partial charge is 0.221 e. The first kappa shape index (κ1) is 19.2. The molecule has 3 heterocycles. The monoisotopic (exact) mass is 398 g/mol. The predicted octanol–water partition coefficient (Wildman–Crippen LogP) is 2.45. The summed E-state index contributed by atoms with van der Waals surface area (Å²) in [6, 6.07) is 16.9. The van der Waals surface area contributed by atoms with E-state index in [-0.39, 0.29) is 5.95 Å². The van der Waals surface area contributed by atoms with Crippen LogP contribution in [-0.4, -0.2) is 37.1 Å². The van der Waals surface area contributed by atoms with Crippen molar-refractivity contribution in [2.45, 2.75) is 13.2 Å². The molecular formula is C21H18N8O. The molecule has 0 fully saturated rings. The van der Waals surface area contributed by atoms with Gasteiger partial charge in [0.25, 0.3) is 0 Å². The maximum Gasteiger partial charge on any atom is 0.221 e. The lowest BCUT2D eigenvalue weighted by molar-refractivity contribution is 0.181. The molecule has 0 aliphatic heterocycles. The molecule has 4 aromatic rings. The molecule has 0 bridgehead atoms. The van der Waals surface area contributed by atoms with Gasteiger partial charge in [-0.05, 0) is 24.3 Å². The van der Waals surface area contributed by atoms with E-state index >= 15 is 0 Å². The lowest BCUT2D eigenvalue weighted by Crippen LogP contribution is -2.04. The van der Waals surface area contributed by atoms with Crippen molar-refractivity contribution in [1.82, 2.24) is 29.9 Å². The van der Waals surface area contributed by atoms with Crippen molar-refractivity contribution >= 4 is 5.95 Å². The molecule has 0 saturated carbocycles. The number of anilines is 1. The van der Waals surface area contributed by atoms with Crippen LogP contribution < -0.4 is 5.73 Å². The van der Waals surface area contributed by atoms with E-state index in [1.807, 2.05) is 30.3 Å². The Hall–Kier alpha value is -4.16. The van der Waals surface area contributed by atoms with Gasteiger partial charge >= 0.3 is 0 Å². The third-order valence-corrected chi connectivity index (χ3v) is 4.35. The summed E-state index contributed by atoms with van der Waals surface area (Å²) >= 11 is 0. The zero-order chi connectivity index (χ0) is 20.9. The van der Waals surface area contributed by atoms with Crippen LogP contribution in [0.5, 0.6) is 0 Å². The molecule has 30 heavy (non-hydrogen) atoms. The summed E-state index contributed by atoms with van der Waals surface area (Å²) in [6.45, 7) is 0.902. The van der Waals surface area contributed by atoms with Gasteiger partial charge in [0.05, 0.1) is 53.8 Å². The fourth-order valence-electron chi connectivity index (χ4n) is 3.04. The van der Waals surface area contributed by atoms with Crippen LogP contribution in [0, 0.1) is 11.3 Å². The second kappa shape index (κ2) is 8.46. The summed E-state index contributed by atoms with van der Waals surface area (Å²) in [4.78, 5) is 13.1. The number of rotatable bonds is 6. The second-order valence-corrected chi connectivity index (χ2v) is 6.51. The number of nitrogens with two attached hydrogens (primary N) is 1. The van der Waals surface area contributed by atoms with Gasteiger partial charge < -0.3 is 10.5 Å². The molecular weight excluding hydrogens is 380 g/mol. The van der Waals surface area contributed by atoms with Crippen LogP contribution in [0.15, 0.2) is 54.7 Å². The molecule has 0 saturated heterocycles. The minimum absolute atomic E-state index is 0.0960. The van der Waals surface area contributed by atoms with Gasteiger partial charge in [-0.3, -0.25) is 4.98 Å². The molecule has 1 aromatic carbocycles. The minimum atomic E-state index is 0.0960. The van der Waals surface area contributed by atoms with Gasteiger partial charge in [-0.15, -0.1) is 5.10 Å². The number of nitriles is 1. The van der Waals surface area contributed by atoms with Gasteiger partial charge in [0.2, 0.25) is 5.95 Å². The van der Waals surface area contributed by atoms with Crippen LogP contribution in [0.25, 0.3) is 22.6 Å². The normalized spacial score (nSPS) is 10.7. The van der Waals surface area contributed by atoms with E-state index in [2.05, 4.69) is 31.3 Å². The molecule has 9 heteroatoms. The van der Waals surface area contributed by atoms with E-state index in [1.165, 1.54) is 0 Å². The van der Waals surface area contributed by atoms with E-state index < -0.39 is 0 Å². The average Bonchev–Trinajstić information content (AvgIpc) is 3.22. The summed E-state index contributed by atoms with van der Waals surface area (Å²) in [5.74, 6) is 0.0960. The van der Waals surface area contributed by atoms with E-state index in [4.69, 9.17) is 10.5 Å². The molecule has 0 aliphatic carbocycles. The minimum Gasteiger partial charge on any atom is -0.378 e. The largest absolute Gasteiger partial charge is 0.378 e. The number of methoxy groups -OCH3 is 1. The van der Waals surface area contributed by atoms with Crippen molar-refractivity contribution in [1.29, 1.82) is 5.26 Å². The SMILES string of the molecule is COCc1cccc(Cn2cc(-c3cc(-c4ccccc4C#N)nc(N)n3)nn2)n1. The van der Waals surface area contributed by atoms with Crippen molar-refractivity contribution in [3.8, 4) is 28.7 Å². The Balaban J connectivity index is 1.63. The fraction of sp³-hybridized carbons (Fsp3) is 0.143. The lowest BCUT2D eigenvalue weighted by atomic mass is 10.0. The standard InChI is InChI=1S/C21H18N8O/c1-30-13-16-7-4-6-15(24-16)11-29-12-20(27-28-29)19-9-18(25-21(23)26-19)17-8-3-2-5-14(17)10-22/h2-9,12H,11,13H2,1H3,(H2,23,25,26).